The lowest BCUT2D eigenvalue weighted by Crippen LogP contribution is -2.64. The summed E-state index contributed by atoms with van der Waals surface area (Å²) in [7, 11) is 4.60. The van der Waals surface area contributed by atoms with E-state index in [0.29, 0.717) is 11.0 Å². The van der Waals surface area contributed by atoms with Gasteiger partial charge in [-0.3, -0.25) is 4.90 Å². The summed E-state index contributed by atoms with van der Waals surface area (Å²) in [5.41, 5.74) is 0.799. The maximum Gasteiger partial charge on any atom is 0.0358 e. The van der Waals surface area contributed by atoms with Crippen molar-refractivity contribution in [1.29, 1.82) is 0 Å². The van der Waals surface area contributed by atoms with Gasteiger partial charge >= 0.3 is 0 Å². The first kappa shape index (κ1) is 16.0. The van der Waals surface area contributed by atoms with Crippen molar-refractivity contribution in [3.8, 4) is 0 Å². The minimum Gasteiger partial charge on any atom is -0.303 e. The van der Waals surface area contributed by atoms with E-state index in [4.69, 9.17) is 0 Å². The minimum atomic E-state index is 0.363. The van der Waals surface area contributed by atoms with Crippen LogP contribution < -0.4 is 0 Å². The fourth-order valence-corrected chi connectivity index (χ4v) is 3.99. The molecule has 0 saturated carbocycles. The number of piperazine rings is 1. The number of hydrogen-bond acceptors (Lipinski definition) is 3. The first-order valence-electron chi connectivity index (χ1n) is 8.10. The molecule has 0 aliphatic carbocycles. The predicted octanol–water partition coefficient (Wildman–Crippen LogP) is 2.30. The van der Waals surface area contributed by atoms with Gasteiger partial charge in [0, 0.05) is 31.7 Å². The molecule has 2 fully saturated rings. The second-order valence-electron chi connectivity index (χ2n) is 7.82. The molecule has 0 atom stereocenters. The molecule has 2 heterocycles. The van der Waals surface area contributed by atoms with Crippen LogP contribution in [0.4, 0.5) is 0 Å². The Morgan fingerprint density at radius 3 is 2.35 bits per heavy atom. The van der Waals surface area contributed by atoms with Gasteiger partial charge in [0.05, 0.1) is 0 Å². The lowest BCUT2D eigenvalue weighted by atomic mass is 9.82. The molecule has 1 spiro atoms. The molecule has 0 aromatic heterocycles. The molecular weight excluding hydrogens is 246 g/mol. The van der Waals surface area contributed by atoms with E-state index in [1.807, 2.05) is 0 Å². The summed E-state index contributed by atoms with van der Waals surface area (Å²) in [6, 6.07) is 0. The predicted molar refractivity (Wildman–Crippen MR) is 87.1 cm³/mol. The maximum absolute atomic E-state index is 3.89. The molecule has 3 heteroatoms. The second kappa shape index (κ2) is 6.17. The van der Waals surface area contributed by atoms with Gasteiger partial charge in [0.2, 0.25) is 0 Å². The molecule has 0 amide bonds. The van der Waals surface area contributed by atoms with Crippen LogP contribution in [0.5, 0.6) is 0 Å². The van der Waals surface area contributed by atoms with Gasteiger partial charge in [-0.25, -0.2) is 0 Å². The van der Waals surface area contributed by atoms with E-state index >= 15 is 0 Å². The fraction of sp³-hybridized carbons (Fsp3) is 0.882. The number of hydrogen-bond donors (Lipinski definition) is 0. The SMILES string of the molecule is C=CCC(C)(C)CN1CCC2(CC1)CN(C)CCN2C. The molecule has 0 N–H and O–H groups in total. The third kappa shape index (κ3) is 3.63. The molecule has 0 radical (unpaired) electrons. The molecule has 0 bridgehead atoms. The molecule has 116 valence electrons. The van der Waals surface area contributed by atoms with Crippen LogP contribution in [-0.4, -0.2) is 73.6 Å². The molecule has 2 rings (SSSR count). The first-order chi connectivity index (χ1) is 9.37. The summed E-state index contributed by atoms with van der Waals surface area (Å²) in [4.78, 5) is 7.80. The van der Waals surface area contributed by atoms with E-state index in [1.54, 1.807) is 0 Å². The third-order valence-electron chi connectivity index (χ3n) is 5.33. The monoisotopic (exact) mass is 279 g/mol. The molecule has 2 aliphatic rings. The van der Waals surface area contributed by atoms with Crippen LogP contribution in [0.3, 0.4) is 0 Å². The molecule has 0 aromatic rings. The zero-order valence-corrected chi connectivity index (χ0v) is 14.0. The van der Waals surface area contributed by atoms with Crippen molar-refractivity contribution in [2.24, 2.45) is 5.41 Å². The number of likely N-dealkylation sites (tertiary alicyclic amines) is 1. The Bertz CT molecular complexity index is 329. The van der Waals surface area contributed by atoms with Crippen LogP contribution in [0.2, 0.25) is 0 Å². The zero-order chi connectivity index (χ0) is 14.8. The highest BCUT2D eigenvalue weighted by Crippen LogP contribution is 2.33. The molecule has 20 heavy (non-hydrogen) atoms. The smallest absolute Gasteiger partial charge is 0.0358 e. The lowest BCUT2D eigenvalue weighted by Gasteiger charge is -2.53. The van der Waals surface area contributed by atoms with Crippen molar-refractivity contribution in [3.05, 3.63) is 12.7 Å². The number of rotatable bonds is 4. The van der Waals surface area contributed by atoms with Crippen LogP contribution in [-0.2, 0) is 0 Å². The van der Waals surface area contributed by atoms with Gasteiger partial charge in [-0.2, -0.15) is 0 Å². The van der Waals surface area contributed by atoms with E-state index in [1.165, 1.54) is 52.1 Å². The van der Waals surface area contributed by atoms with E-state index < -0.39 is 0 Å². The highest BCUT2D eigenvalue weighted by Gasteiger charge is 2.41. The van der Waals surface area contributed by atoms with Crippen molar-refractivity contribution in [2.45, 2.75) is 38.6 Å². The highest BCUT2D eigenvalue weighted by atomic mass is 15.3. The molecular formula is C17H33N3. The van der Waals surface area contributed by atoms with Gasteiger partial charge in [0.25, 0.3) is 0 Å². The van der Waals surface area contributed by atoms with Crippen molar-refractivity contribution in [1.82, 2.24) is 14.7 Å². The summed E-state index contributed by atoms with van der Waals surface area (Å²) < 4.78 is 0. The zero-order valence-electron chi connectivity index (χ0n) is 14.0. The van der Waals surface area contributed by atoms with Crippen LogP contribution in [0.1, 0.15) is 33.1 Å². The van der Waals surface area contributed by atoms with E-state index in [2.05, 4.69) is 55.3 Å². The molecule has 2 saturated heterocycles. The van der Waals surface area contributed by atoms with E-state index in [-0.39, 0.29) is 0 Å². The number of nitrogens with zero attached hydrogens (tertiary/aromatic N) is 3. The van der Waals surface area contributed by atoms with Crippen molar-refractivity contribution < 1.29 is 0 Å². The maximum atomic E-state index is 3.89. The standard InChI is InChI=1S/C17H33N3/c1-6-7-16(2,3)14-20-10-8-17(9-11-20)15-18(4)12-13-19(17)5/h6H,1,7-15H2,2-5H3. The number of likely N-dealkylation sites (N-methyl/N-ethyl adjacent to an activating group) is 2. The van der Waals surface area contributed by atoms with E-state index in [9.17, 15) is 0 Å². The second-order valence-corrected chi connectivity index (χ2v) is 7.82. The van der Waals surface area contributed by atoms with Gasteiger partial charge in [-0.1, -0.05) is 19.9 Å². The molecule has 2 aliphatic heterocycles. The van der Waals surface area contributed by atoms with Gasteiger partial charge in [-0.05, 0) is 51.9 Å². The van der Waals surface area contributed by atoms with Gasteiger partial charge in [0.1, 0.15) is 0 Å². The number of allylic oxidation sites excluding steroid dienone is 1. The summed E-state index contributed by atoms with van der Waals surface area (Å²) in [6.07, 6.45) is 5.81. The molecule has 0 unspecified atom stereocenters. The Labute approximate surface area is 125 Å². The average Bonchev–Trinajstić information content (AvgIpc) is 2.37. The van der Waals surface area contributed by atoms with Gasteiger partial charge in [-0.15, -0.1) is 6.58 Å². The van der Waals surface area contributed by atoms with Crippen LogP contribution in [0, 0.1) is 5.41 Å². The van der Waals surface area contributed by atoms with Crippen molar-refractivity contribution >= 4 is 0 Å². The average molecular weight is 279 g/mol. The normalized spacial score (nSPS) is 26.0. The summed E-state index contributed by atoms with van der Waals surface area (Å²) >= 11 is 0. The minimum absolute atomic E-state index is 0.363. The Morgan fingerprint density at radius 2 is 1.75 bits per heavy atom. The van der Waals surface area contributed by atoms with Gasteiger partial charge < -0.3 is 9.80 Å². The van der Waals surface area contributed by atoms with E-state index in [0.717, 1.165) is 6.42 Å². The summed E-state index contributed by atoms with van der Waals surface area (Å²) in [5, 5.41) is 0. The Kier molecular flexibility index (Phi) is 4.93. The van der Waals surface area contributed by atoms with Crippen LogP contribution >= 0.6 is 0 Å². The first-order valence-corrected chi connectivity index (χ1v) is 8.10. The van der Waals surface area contributed by atoms with Gasteiger partial charge in [0.15, 0.2) is 0 Å². The lowest BCUT2D eigenvalue weighted by molar-refractivity contribution is -0.0246. The highest BCUT2D eigenvalue weighted by molar-refractivity contribution is 4.99. The topological polar surface area (TPSA) is 9.72 Å². The molecule has 3 nitrogen and oxygen atoms in total. The van der Waals surface area contributed by atoms with Crippen LogP contribution in [0.15, 0.2) is 12.7 Å². The summed E-state index contributed by atoms with van der Waals surface area (Å²) in [6.45, 7) is 16.0. The Morgan fingerprint density at radius 1 is 1.10 bits per heavy atom. The fourth-order valence-electron chi connectivity index (χ4n) is 3.99. The molecule has 0 aromatic carbocycles. The third-order valence-corrected chi connectivity index (χ3v) is 5.33. The van der Waals surface area contributed by atoms with Crippen molar-refractivity contribution in [3.63, 3.8) is 0 Å². The quantitative estimate of drug-likeness (QED) is 0.731. The summed E-state index contributed by atoms with van der Waals surface area (Å²) in [5.74, 6) is 0. The Balaban J connectivity index is 1.90. The van der Waals surface area contributed by atoms with Crippen molar-refractivity contribution in [2.75, 3.05) is 53.4 Å². The largest absolute Gasteiger partial charge is 0.303 e. The number of piperidine rings is 1. The van der Waals surface area contributed by atoms with Crippen LogP contribution in [0.25, 0.3) is 0 Å². The Hall–Kier alpha value is -0.380.